The fourth-order valence-electron chi connectivity index (χ4n) is 2.71. The average Bonchev–Trinajstić information content (AvgIpc) is 3.08. The summed E-state index contributed by atoms with van der Waals surface area (Å²) in [5.74, 6) is 0.977. The Bertz CT molecular complexity index is 853. The average molecular weight is 405 g/mol. The van der Waals surface area contributed by atoms with E-state index < -0.39 is 0 Å². The van der Waals surface area contributed by atoms with Gasteiger partial charge in [0.2, 0.25) is 5.91 Å². The van der Waals surface area contributed by atoms with Crippen molar-refractivity contribution in [1.29, 1.82) is 0 Å². The van der Waals surface area contributed by atoms with Gasteiger partial charge in [-0.3, -0.25) is 9.36 Å². The first kappa shape index (κ1) is 17.8. The van der Waals surface area contributed by atoms with E-state index in [0.717, 1.165) is 35.1 Å². The van der Waals surface area contributed by atoms with Crippen LogP contribution in [0.4, 0.5) is 0 Å². The molecule has 1 aliphatic carbocycles. The molecule has 136 valence electrons. The van der Waals surface area contributed by atoms with Crippen molar-refractivity contribution in [3.05, 3.63) is 39.9 Å². The van der Waals surface area contributed by atoms with Gasteiger partial charge in [0.15, 0.2) is 11.0 Å². The molecule has 1 amide bonds. The molecule has 1 unspecified atom stereocenters. The van der Waals surface area contributed by atoms with Crippen LogP contribution in [0.5, 0.6) is 0 Å². The third kappa shape index (κ3) is 4.02. The maximum atomic E-state index is 12.4. The molecule has 5 nitrogen and oxygen atoms in total. The zero-order valence-electron chi connectivity index (χ0n) is 14.4. The molecule has 26 heavy (non-hydrogen) atoms. The fraction of sp³-hybridized carbons (Fsp3) is 0.389. The van der Waals surface area contributed by atoms with E-state index in [4.69, 9.17) is 0 Å². The van der Waals surface area contributed by atoms with E-state index in [9.17, 15) is 4.79 Å². The minimum atomic E-state index is -0.198. The first-order valence-corrected chi connectivity index (χ1v) is 11.3. The van der Waals surface area contributed by atoms with Crippen LogP contribution in [0.1, 0.15) is 30.7 Å². The molecule has 1 aliphatic rings. The predicted molar refractivity (Wildman–Crippen MR) is 108 cm³/mol. The Labute approximate surface area is 164 Å². The number of carbonyl (C=O) groups excluding carboxylic acids is 1. The van der Waals surface area contributed by atoms with E-state index >= 15 is 0 Å². The Hall–Kier alpha value is -1.64. The van der Waals surface area contributed by atoms with Crippen LogP contribution in [0.25, 0.3) is 10.7 Å². The Morgan fingerprint density at radius 1 is 1.31 bits per heavy atom. The third-order valence-corrected chi connectivity index (χ3v) is 7.08. The minimum Gasteiger partial charge on any atom is -0.355 e. The number of hydrogen-bond donors (Lipinski definition) is 1. The van der Waals surface area contributed by atoms with E-state index in [1.807, 2.05) is 19.1 Å². The van der Waals surface area contributed by atoms with Gasteiger partial charge in [0.05, 0.1) is 10.1 Å². The summed E-state index contributed by atoms with van der Waals surface area (Å²) < 4.78 is 2.21. The van der Waals surface area contributed by atoms with Crippen LogP contribution >= 0.6 is 34.4 Å². The fourth-order valence-corrected chi connectivity index (χ4v) is 5.07. The van der Waals surface area contributed by atoms with E-state index in [0.29, 0.717) is 12.6 Å². The molecule has 0 bridgehead atoms. The summed E-state index contributed by atoms with van der Waals surface area (Å²) in [7, 11) is 0. The van der Waals surface area contributed by atoms with Crippen LogP contribution in [0.15, 0.2) is 40.2 Å². The zero-order chi connectivity index (χ0) is 17.9. The standard InChI is InChI=1S/C18H20N4OS3/c1-12(17(23)19-9-8-14-4-2-10-24-14)26-18-21-20-16(15-5-3-11-25-15)22(18)13-6-7-13/h2-5,10-13H,6-9H2,1H3,(H,19,23). The van der Waals surface area contributed by atoms with Crippen LogP contribution < -0.4 is 5.32 Å². The maximum Gasteiger partial charge on any atom is 0.233 e. The van der Waals surface area contributed by atoms with Gasteiger partial charge >= 0.3 is 0 Å². The third-order valence-electron chi connectivity index (χ3n) is 4.22. The molecular weight excluding hydrogens is 384 g/mol. The summed E-state index contributed by atoms with van der Waals surface area (Å²) in [6.45, 7) is 2.60. The molecule has 1 saturated carbocycles. The summed E-state index contributed by atoms with van der Waals surface area (Å²) in [5.41, 5.74) is 0. The van der Waals surface area contributed by atoms with Gasteiger partial charge in [-0.2, -0.15) is 0 Å². The lowest BCUT2D eigenvalue weighted by Crippen LogP contribution is -2.32. The number of thiophene rings is 2. The molecule has 0 saturated heterocycles. The van der Waals surface area contributed by atoms with E-state index in [1.165, 1.54) is 16.6 Å². The molecule has 3 heterocycles. The molecule has 0 spiro atoms. The van der Waals surface area contributed by atoms with Gasteiger partial charge in [0, 0.05) is 17.5 Å². The molecule has 1 N–H and O–H groups in total. The lowest BCUT2D eigenvalue weighted by Gasteiger charge is -2.13. The summed E-state index contributed by atoms with van der Waals surface area (Å²) in [5, 5.41) is 16.6. The smallest absolute Gasteiger partial charge is 0.233 e. The van der Waals surface area contributed by atoms with Gasteiger partial charge < -0.3 is 5.32 Å². The number of thioether (sulfide) groups is 1. The highest BCUT2D eigenvalue weighted by Crippen LogP contribution is 2.42. The predicted octanol–water partition coefficient (Wildman–Crippen LogP) is 4.24. The second-order valence-electron chi connectivity index (χ2n) is 6.27. The highest BCUT2D eigenvalue weighted by Gasteiger charge is 2.31. The molecule has 0 radical (unpaired) electrons. The number of carbonyl (C=O) groups is 1. The number of hydrogen-bond acceptors (Lipinski definition) is 6. The maximum absolute atomic E-state index is 12.4. The van der Waals surface area contributed by atoms with Crippen LogP contribution in [-0.2, 0) is 11.2 Å². The molecule has 8 heteroatoms. The van der Waals surface area contributed by atoms with Gasteiger partial charge in [-0.1, -0.05) is 23.9 Å². The Balaban J connectivity index is 1.39. The number of rotatable bonds is 8. The Morgan fingerprint density at radius 3 is 2.81 bits per heavy atom. The lowest BCUT2D eigenvalue weighted by molar-refractivity contribution is -0.120. The molecular formula is C18H20N4OS3. The molecule has 4 rings (SSSR count). The highest BCUT2D eigenvalue weighted by molar-refractivity contribution is 8.00. The number of aromatic nitrogens is 3. The normalized spacial score (nSPS) is 15.1. The van der Waals surface area contributed by atoms with Crippen LogP contribution in [-0.4, -0.2) is 32.5 Å². The SMILES string of the molecule is CC(Sc1nnc(-c2cccs2)n1C1CC1)C(=O)NCCc1cccs1. The Morgan fingerprint density at radius 2 is 2.12 bits per heavy atom. The van der Waals surface area contributed by atoms with Crippen molar-refractivity contribution >= 4 is 40.3 Å². The number of nitrogens with one attached hydrogen (secondary N) is 1. The topological polar surface area (TPSA) is 59.8 Å². The van der Waals surface area contributed by atoms with Crippen molar-refractivity contribution in [2.45, 2.75) is 42.6 Å². The second-order valence-corrected chi connectivity index (χ2v) is 9.55. The molecule has 1 fully saturated rings. The summed E-state index contributed by atoms with van der Waals surface area (Å²) >= 11 is 4.89. The van der Waals surface area contributed by atoms with E-state index in [2.05, 4.69) is 43.0 Å². The number of amides is 1. The van der Waals surface area contributed by atoms with Crippen molar-refractivity contribution in [2.75, 3.05) is 6.54 Å². The van der Waals surface area contributed by atoms with Crippen molar-refractivity contribution in [3.8, 4) is 10.7 Å². The van der Waals surface area contributed by atoms with Gasteiger partial charge in [0.25, 0.3) is 0 Å². The van der Waals surface area contributed by atoms with Gasteiger partial charge in [-0.05, 0) is 49.1 Å². The zero-order valence-corrected chi connectivity index (χ0v) is 16.9. The van der Waals surface area contributed by atoms with Crippen LogP contribution in [0.2, 0.25) is 0 Å². The Kier molecular flexibility index (Phi) is 5.42. The summed E-state index contributed by atoms with van der Waals surface area (Å²) in [6, 6.07) is 8.71. The van der Waals surface area contributed by atoms with Crippen LogP contribution in [0.3, 0.4) is 0 Å². The summed E-state index contributed by atoms with van der Waals surface area (Å²) in [4.78, 5) is 14.8. The van der Waals surface area contributed by atoms with Crippen molar-refractivity contribution in [3.63, 3.8) is 0 Å². The first-order chi connectivity index (χ1) is 12.7. The summed E-state index contributed by atoms with van der Waals surface area (Å²) in [6.07, 6.45) is 3.19. The molecule has 1 atom stereocenters. The molecule has 3 aromatic rings. The lowest BCUT2D eigenvalue weighted by atomic mass is 10.3. The van der Waals surface area contributed by atoms with Gasteiger partial charge in [0.1, 0.15) is 0 Å². The molecule has 0 aliphatic heterocycles. The minimum absolute atomic E-state index is 0.0505. The molecule has 0 aromatic carbocycles. The van der Waals surface area contributed by atoms with Crippen molar-refractivity contribution in [2.24, 2.45) is 0 Å². The van der Waals surface area contributed by atoms with Gasteiger partial charge in [-0.15, -0.1) is 32.9 Å². The van der Waals surface area contributed by atoms with Crippen molar-refractivity contribution < 1.29 is 4.79 Å². The highest BCUT2D eigenvalue weighted by atomic mass is 32.2. The van der Waals surface area contributed by atoms with E-state index in [1.54, 1.807) is 22.7 Å². The first-order valence-electron chi connectivity index (χ1n) is 8.68. The van der Waals surface area contributed by atoms with Crippen LogP contribution in [0, 0.1) is 0 Å². The van der Waals surface area contributed by atoms with Crippen molar-refractivity contribution in [1.82, 2.24) is 20.1 Å². The second kappa shape index (κ2) is 7.94. The monoisotopic (exact) mass is 404 g/mol. The number of nitrogens with zero attached hydrogens (tertiary/aromatic N) is 3. The molecule has 3 aromatic heterocycles. The van der Waals surface area contributed by atoms with E-state index in [-0.39, 0.29) is 11.2 Å². The quantitative estimate of drug-likeness (QED) is 0.571. The largest absolute Gasteiger partial charge is 0.355 e. The van der Waals surface area contributed by atoms with Gasteiger partial charge in [-0.25, -0.2) is 0 Å².